The summed E-state index contributed by atoms with van der Waals surface area (Å²) in [4.78, 5) is 41.4. The molecule has 3 fully saturated rings. The number of aromatic amines is 1. The van der Waals surface area contributed by atoms with E-state index in [0.717, 1.165) is 82.0 Å². The van der Waals surface area contributed by atoms with Crippen LogP contribution >= 0.6 is 11.8 Å². The number of imidazole rings is 1. The molecule has 4 aromatic rings. The summed E-state index contributed by atoms with van der Waals surface area (Å²) in [6.07, 6.45) is 6.39. The van der Waals surface area contributed by atoms with Crippen molar-refractivity contribution in [1.82, 2.24) is 29.9 Å². The van der Waals surface area contributed by atoms with Crippen LogP contribution in [0.15, 0.2) is 30.6 Å². The second-order valence-electron chi connectivity index (χ2n) is 13.9. The van der Waals surface area contributed by atoms with Crippen LogP contribution in [0, 0.1) is 5.41 Å². The largest absolute Gasteiger partial charge is 1.00 e. The molecule has 51 heavy (non-hydrogen) atoms. The van der Waals surface area contributed by atoms with Crippen LogP contribution in [-0.4, -0.2) is 87.3 Å². The van der Waals surface area contributed by atoms with E-state index >= 15 is 0 Å². The van der Waals surface area contributed by atoms with E-state index in [1.54, 1.807) is 25.6 Å². The fraction of sp³-hybridized carbons (Fsp3) is 0.543. The van der Waals surface area contributed by atoms with Crippen LogP contribution in [0.4, 0.5) is 24.7 Å². The molecule has 2 aliphatic carbocycles. The normalized spacial score (nSPS) is 17.9. The number of alkyl halides is 3. The Bertz CT molecular complexity index is 1840. The molecule has 7 rings (SSSR count). The number of methoxy groups -OCH3 is 1. The van der Waals surface area contributed by atoms with Crippen LogP contribution in [0.1, 0.15) is 68.7 Å². The Morgan fingerprint density at radius 3 is 2.43 bits per heavy atom. The van der Waals surface area contributed by atoms with Crippen molar-refractivity contribution in [3.05, 3.63) is 42.0 Å². The molecule has 0 atom stereocenters. The Morgan fingerprint density at radius 1 is 1.06 bits per heavy atom. The number of hydrogen-bond acceptors (Lipinski definition) is 11. The van der Waals surface area contributed by atoms with Gasteiger partial charge in [0.2, 0.25) is 0 Å². The molecule has 3 aliphatic rings. The third-order valence-electron chi connectivity index (χ3n) is 10.0. The van der Waals surface area contributed by atoms with E-state index in [4.69, 9.17) is 14.7 Å². The van der Waals surface area contributed by atoms with Gasteiger partial charge >= 0.3 is 35.7 Å². The summed E-state index contributed by atoms with van der Waals surface area (Å²) in [6, 6.07) is 4.66. The van der Waals surface area contributed by atoms with Crippen molar-refractivity contribution in [3.63, 3.8) is 0 Å². The average Bonchev–Trinajstić information content (AvgIpc) is 3.71. The number of piperidine rings is 1. The van der Waals surface area contributed by atoms with Crippen LogP contribution in [0.3, 0.4) is 0 Å². The van der Waals surface area contributed by atoms with Gasteiger partial charge in [0.25, 0.3) is 0 Å². The smallest absolute Gasteiger partial charge is 0.549 e. The minimum absolute atomic E-state index is 0. The van der Waals surface area contributed by atoms with E-state index in [1.807, 2.05) is 13.1 Å². The van der Waals surface area contributed by atoms with E-state index in [2.05, 4.69) is 29.7 Å². The summed E-state index contributed by atoms with van der Waals surface area (Å²) < 4.78 is 47.7. The van der Waals surface area contributed by atoms with Crippen LogP contribution in [0.25, 0.3) is 33.9 Å². The second kappa shape index (κ2) is 15.6. The van der Waals surface area contributed by atoms with E-state index in [1.165, 1.54) is 11.8 Å². The predicted molar refractivity (Wildman–Crippen MR) is 184 cm³/mol. The van der Waals surface area contributed by atoms with Crippen LogP contribution in [-0.2, 0) is 15.7 Å². The number of ether oxygens (including phenoxy) is 1. The number of carbonyl (C=O) groups is 1. The molecule has 0 spiro atoms. The topological polar surface area (TPSA) is 136 Å². The Morgan fingerprint density at radius 2 is 1.80 bits per heavy atom. The Labute approximate surface area is 320 Å². The fourth-order valence-electron chi connectivity index (χ4n) is 7.39. The van der Waals surface area contributed by atoms with E-state index in [0.29, 0.717) is 52.8 Å². The number of rotatable bonds is 12. The van der Waals surface area contributed by atoms with Gasteiger partial charge in [-0.3, -0.25) is 0 Å². The third kappa shape index (κ3) is 8.64. The van der Waals surface area contributed by atoms with Crippen molar-refractivity contribution in [3.8, 4) is 22.8 Å². The maximum atomic E-state index is 14.0. The molecular formula is C35H40F3N8NaO3S. The van der Waals surface area contributed by atoms with Crippen molar-refractivity contribution in [2.45, 2.75) is 68.7 Å². The van der Waals surface area contributed by atoms with Gasteiger partial charge in [-0.25, -0.2) is 24.9 Å². The predicted octanol–water partition coefficient (Wildman–Crippen LogP) is 2.47. The molecule has 0 aromatic carbocycles. The molecule has 1 saturated heterocycles. The first-order valence-electron chi connectivity index (χ1n) is 17.1. The average molecular weight is 733 g/mol. The van der Waals surface area contributed by atoms with E-state index < -0.39 is 17.8 Å². The molecule has 0 amide bonds. The van der Waals surface area contributed by atoms with Crippen molar-refractivity contribution in [2.24, 2.45) is 5.41 Å². The van der Waals surface area contributed by atoms with Gasteiger partial charge in [0.05, 0.1) is 36.4 Å². The molecule has 5 heterocycles. The fourth-order valence-corrected chi connectivity index (χ4v) is 8.30. The summed E-state index contributed by atoms with van der Waals surface area (Å²) in [5.41, 5.74) is 2.53. The zero-order valence-corrected chi connectivity index (χ0v) is 31.9. The maximum absolute atomic E-state index is 14.0. The van der Waals surface area contributed by atoms with Gasteiger partial charge < -0.3 is 29.4 Å². The minimum Gasteiger partial charge on any atom is -0.549 e. The molecule has 16 heteroatoms. The number of halogens is 3. The van der Waals surface area contributed by atoms with Crippen LogP contribution in [0.5, 0.6) is 0 Å². The van der Waals surface area contributed by atoms with Crippen molar-refractivity contribution in [1.29, 1.82) is 0 Å². The Balaban J connectivity index is 0.00000448. The number of fused-ring (bicyclic) bond motifs is 1. The number of carboxylic acids is 1. The summed E-state index contributed by atoms with van der Waals surface area (Å²) in [6.45, 7) is 2.80. The summed E-state index contributed by atoms with van der Waals surface area (Å²) in [5, 5.41) is 11.1. The van der Waals surface area contributed by atoms with Crippen LogP contribution in [0.2, 0.25) is 0 Å². The molecular weight excluding hydrogens is 692 g/mol. The first kappa shape index (κ1) is 37.8. The number of aromatic nitrogens is 6. The third-order valence-corrected chi connectivity index (χ3v) is 11.4. The number of hydrogen-bond donors (Lipinski definition) is 1. The van der Waals surface area contributed by atoms with Gasteiger partial charge in [-0.1, -0.05) is 12.8 Å². The Hall–Kier alpha value is -2.98. The monoisotopic (exact) mass is 732 g/mol. The number of aliphatic carboxylic acids is 1. The molecule has 4 aromatic heterocycles. The van der Waals surface area contributed by atoms with Gasteiger partial charge in [0.1, 0.15) is 22.7 Å². The molecule has 11 nitrogen and oxygen atoms in total. The number of H-pyrrole nitrogens is 1. The standard InChI is InChI=1S/C35H41F3N8O3S.Na/c1-45(19-34(20-49-2)9-3-4-10-34)27-15-25(22-13-24(21-5-6-21)41-28(14-22)35(36,37)38)42-33-31(27)43-32(44-33)26-16-40-29(17-39-26)46-11-7-23(8-12-46)50-18-30(47)48;/h13-17,21,23H,3-12,18-20H2,1-2H3,(H,47,48)(H,42,43,44);/q;+1/p-1. The van der Waals surface area contributed by atoms with Crippen molar-refractivity contribution < 1.29 is 57.4 Å². The van der Waals surface area contributed by atoms with Crippen LogP contribution < -0.4 is 44.5 Å². The summed E-state index contributed by atoms with van der Waals surface area (Å²) in [5.74, 6) is 0.147. The molecule has 266 valence electrons. The van der Waals surface area contributed by atoms with Gasteiger partial charge in [-0.05, 0) is 56.7 Å². The van der Waals surface area contributed by atoms with Gasteiger partial charge in [0.15, 0.2) is 11.5 Å². The maximum Gasteiger partial charge on any atom is 1.00 e. The van der Waals surface area contributed by atoms with Gasteiger partial charge in [-0.15, -0.1) is 0 Å². The molecule has 2 saturated carbocycles. The number of nitrogens with zero attached hydrogens (tertiary/aromatic N) is 7. The zero-order valence-electron chi connectivity index (χ0n) is 29.1. The van der Waals surface area contributed by atoms with E-state index in [9.17, 15) is 23.1 Å². The SMILES string of the molecule is COCC1(CN(C)c2cc(-c3cc(C4CC4)nc(C(F)(F)F)c3)nc3nc(-c4cnc(N5CCC(SCC(=O)[O-])CC5)cn4)[nH]c23)CCCC1.[Na+]. The first-order chi connectivity index (χ1) is 24.0. The molecule has 0 unspecified atom stereocenters. The first-order valence-corrected chi connectivity index (χ1v) is 18.1. The van der Waals surface area contributed by atoms with Gasteiger partial charge in [0, 0.05) is 67.4 Å². The number of thioether (sulfide) groups is 1. The minimum atomic E-state index is -4.59. The molecule has 1 aliphatic heterocycles. The number of carbonyl (C=O) groups excluding carboxylic acids is 1. The quantitative estimate of drug-likeness (QED) is 0.215. The summed E-state index contributed by atoms with van der Waals surface area (Å²) in [7, 11) is 3.71. The Kier molecular flexibility index (Phi) is 11.5. The van der Waals surface area contributed by atoms with Crippen molar-refractivity contribution >= 4 is 40.4 Å². The number of anilines is 2. The molecule has 1 N–H and O–H groups in total. The molecule has 0 radical (unpaired) electrons. The number of nitrogens with one attached hydrogen (secondary N) is 1. The van der Waals surface area contributed by atoms with E-state index in [-0.39, 0.29) is 51.9 Å². The van der Waals surface area contributed by atoms with Gasteiger partial charge in [-0.2, -0.15) is 24.9 Å². The number of carboxylic acid groups (broad SMARTS) is 1. The zero-order chi connectivity index (χ0) is 35.0. The number of pyridine rings is 2. The van der Waals surface area contributed by atoms with Crippen molar-refractivity contribution in [2.75, 3.05) is 56.0 Å². The summed E-state index contributed by atoms with van der Waals surface area (Å²) >= 11 is 1.42. The molecule has 0 bridgehead atoms. The second-order valence-corrected chi connectivity index (χ2v) is 15.2.